The summed E-state index contributed by atoms with van der Waals surface area (Å²) >= 11 is 0. The molecule has 0 saturated carbocycles. The predicted molar refractivity (Wildman–Crippen MR) is 45.2 cm³/mol. The summed E-state index contributed by atoms with van der Waals surface area (Å²) in [4.78, 5) is 0. The monoisotopic (exact) mass is 184 g/mol. The Hall–Kier alpha value is -1.12. The van der Waals surface area contributed by atoms with E-state index in [1.807, 2.05) is 6.92 Å². The SMILES string of the molecule is Cc1ccc2c(c1)OCCC2(F)F. The van der Waals surface area contributed by atoms with Crippen molar-refractivity contribution in [3.05, 3.63) is 29.3 Å². The van der Waals surface area contributed by atoms with Gasteiger partial charge in [0.05, 0.1) is 18.6 Å². The fourth-order valence-electron chi connectivity index (χ4n) is 1.47. The first-order valence-electron chi connectivity index (χ1n) is 4.21. The van der Waals surface area contributed by atoms with Crippen molar-refractivity contribution in [1.29, 1.82) is 0 Å². The zero-order chi connectivity index (χ0) is 9.47. The van der Waals surface area contributed by atoms with Crippen LogP contribution in [-0.4, -0.2) is 6.61 Å². The van der Waals surface area contributed by atoms with Gasteiger partial charge in [0.15, 0.2) is 0 Å². The molecule has 0 fully saturated rings. The van der Waals surface area contributed by atoms with Crippen LogP contribution >= 0.6 is 0 Å². The maximum atomic E-state index is 13.2. The molecule has 0 amide bonds. The summed E-state index contributed by atoms with van der Waals surface area (Å²) in [5.74, 6) is -2.39. The average Bonchev–Trinajstić information content (AvgIpc) is 2.02. The number of alkyl halides is 2. The molecule has 0 atom stereocenters. The van der Waals surface area contributed by atoms with Gasteiger partial charge in [-0.15, -0.1) is 0 Å². The normalized spacial score (nSPS) is 19.0. The van der Waals surface area contributed by atoms with Crippen molar-refractivity contribution in [2.45, 2.75) is 19.3 Å². The molecule has 0 N–H and O–H groups in total. The van der Waals surface area contributed by atoms with Crippen LogP contribution in [-0.2, 0) is 5.92 Å². The van der Waals surface area contributed by atoms with Gasteiger partial charge in [0, 0.05) is 0 Å². The smallest absolute Gasteiger partial charge is 0.280 e. The van der Waals surface area contributed by atoms with E-state index in [-0.39, 0.29) is 18.6 Å². The summed E-state index contributed by atoms with van der Waals surface area (Å²) in [5.41, 5.74) is 0.959. The summed E-state index contributed by atoms with van der Waals surface area (Å²) < 4.78 is 31.7. The van der Waals surface area contributed by atoms with Gasteiger partial charge in [0.1, 0.15) is 5.75 Å². The first-order chi connectivity index (χ1) is 6.09. The van der Waals surface area contributed by atoms with E-state index in [0.29, 0.717) is 5.75 Å². The lowest BCUT2D eigenvalue weighted by Crippen LogP contribution is -2.23. The fourth-order valence-corrected chi connectivity index (χ4v) is 1.47. The number of fused-ring (bicyclic) bond motifs is 1. The maximum absolute atomic E-state index is 13.2. The highest BCUT2D eigenvalue weighted by Gasteiger charge is 2.37. The van der Waals surface area contributed by atoms with Gasteiger partial charge in [-0.3, -0.25) is 0 Å². The molecule has 0 aliphatic carbocycles. The Morgan fingerprint density at radius 2 is 2.15 bits per heavy atom. The standard InChI is InChI=1S/C10H10F2O/c1-7-2-3-8-9(6-7)13-5-4-10(8,11)12/h2-3,6H,4-5H2,1H3. The van der Waals surface area contributed by atoms with Gasteiger partial charge in [0.2, 0.25) is 0 Å². The summed E-state index contributed by atoms with van der Waals surface area (Å²) in [5, 5.41) is 0. The first-order valence-corrected chi connectivity index (χ1v) is 4.21. The van der Waals surface area contributed by atoms with Crippen LogP contribution in [0.15, 0.2) is 18.2 Å². The van der Waals surface area contributed by atoms with Gasteiger partial charge in [-0.2, -0.15) is 0 Å². The van der Waals surface area contributed by atoms with Crippen molar-refractivity contribution in [3.8, 4) is 5.75 Å². The van der Waals surface area contributed by atoms with E-state index in [2.05, 4.69) is 0 Å². The van der Waals surface area contributed by atoms with Crippen molar-refractivity contribution in [1.82, 2.24) is 0 Å². The molecule has 1 aromatic rings. The van der Waals surface area contributed by atoms with Crippen LogP contribution in [0.3, 0.4) is 0 Å². The third-order valence-corrected chi connectivity index (χ3v) is 2.20. The highest BCUT2D eigenvalue weighted by Crippen LogP contribution is 2.41. The molecular weight excluding hydrogens is 174 g/mol. The van der Waals surface area contributed by atoms with Gasteiger partial charge in [-0.25, -0.2) is 8.78 Å². The van der Waals surface area contributed by atoms with Crippen LogP contribution in [0.4, 0.5) is 8.78 Å². The topological polar surface area (TPSA) is 9.23 Å². The minimum Gasteiger partial charge on any atom is -0.493 e. The Labute approximate surface area is 75.3 Å². The zero-order valence-corrected chi connectivity index (χ0v) is 7.31. The van der Waals surface area contributed by atoms with E-state index >= 15 is 0 Å². The van der Waals surface area contributed by atoms with Crippen LogP contribution in [0.5, 0.6) is 5.75 Å². The number of rotatable bonds is 0. The van der Waals surface area contributed by atoms with Crippen LogP contribution in [0.1, 0.15) is 17.5 Å². The molecule has 70 valence electrons. The number of hydrogen-bond acceptors (Lipinski definition) is 1. The molecule has 1 aliphatic heterocycles. The van der Waals surface area contributed by atoms with Crippen molar-refractivity contribution >= 4 is 0 Å². The van der Waals surface area contributed by atoms with E-state index in [1.54, 1.807) is 12.1 Å². The first kappa shape index (κ1) is 8.48. The van der Waals surface area contributed by atoms with E-state index in [4.69, 9.17) is 4.74 Å². The zero-order valence-electron chi connectivity index (χ0n) is 7.31. The van der Waals surface area contributed by atoms with Gasteiger partial charge in [-0.1, -0.05) is 6.07 Å². The summed E-state index contributed by atoms with van der Waals surface area (Å²) in [6.07, 6.45) is -0.219. The highest BCUT2D eigenvalue weighted by molar-refractivity contribution is 5.41. The van der Waals surface area contributed by atoms with Gasteiger partial charge < -0.3 is 4.74 Å². The van der Waals surface area contributed by atoms with E-state index < -0.39 is 5.92 Å². The molecule has 1 aromatic carbocycles. The van der Waals surface area contributed by atoms with E-state index in [9.17, 15) is 8.78 Å². The van der Waals surface area contributed by atoms with Crippen molar-refractivity contribution < 1.29 is 13.5 Å². The number of benzene rings is 1. The molecule has 1 nitrogen and oxygen atoms in total. The molecular formula is C10H10F2O. The lowest BCUT2D eigenvalue weighted by molar-refractivity contribution is -0.0404. The molecule has 3 heteroatoms. The minimum absolute atomic E-state index is 0.0179. The number of ether oxygens (including phenoxy) is 1. The second kappa shape index (κ2) is 2.69. The number of halogens is 2. The number of hydrogen-bond donors (Lipinski definition) is 0. The van der Waals surface area contributed by atoms with Gasteiger partial charge in [-0.05, 0) is 24.6 Å². The Bertz CT molecular complexity index is 334. The summed E-state index contributed by atoms with van der Waals surface area (Å²) in [6.45, 7) is 1.96. The Morgan fingerprint density at radius 3 is 2.92 bits per heavy atom. The van der Waals surface area contributed by atoms with Gasteiger partial charge in [0.25, 0.3) is 5.92 Å². The Kier molecular flexibility index (Phi) is 1.75. The molecule has 13 heavy (non-hydrogen) atoms. The van der Waals surface area contributed by atoms with Crippen LogP contribution in [0, 0.1) is 6.92 Å². The molecule has 0 radical (unpaired) electrons. The molecule has 0 unspecified atom stereocenters. The molecule has 0 aromatic heterocycles. The van der Waals surface area contributed by atoms with Crippen LogP contribution < -0.4 is 4.74 Å². The molecule has 1 aliphatic rings. The van der Waals surface area contributed by atoms with Crippen molar-refractivity contribution in [2.75, 3.05) is 6.61 Å². The largest absolute Gasteiger partial charge is 0.493 e. The number of aryl methyl sites for hydroxylation is 1. The average molecular weight is 184 g/mol. The van der Waals surface area contributed by atoms with Crippen molar-refractivity contribution in [2.24, 2.45) is 0 Å². The maximum Gasteiger partial charge on any atom is 0.280 e. The molecule has 0 bridgehead atoms. The van der Waals surface area contributed by atoms with Crippen molar-refractivity contribution in [3.63, 3.8) is 0 Å². The third-order valence-electron chi connectivity index (χ3n) is 2.20. The summed E-state index contributed by atoms with van der Waals surface area (Å²) in [6, 6.07) is 4.79. The second-order valence-corrected chi connectivity index (χ2v) is 3.30. The highest BCUT2D eigenvalue weighted by atomic mass is 19.3. The fraction of sp³-hybridized carbons (Fsp3) is 0.400. The van der Waals surface area contributed by atoms with Crippen LogP contribution in [0.2, 0.25) is 0 Å². The van der Waals surface area contributed by atoms with Gasteiger partial charge >= 0.3 is 0 Å². The van der Waals surface area contributed by atoms with E-state index in [0.717, 1.165) is 5.56 Å². The van der Waals surface area contributed by atoms with Crippen LogP contribution in [0.25, 0.3) is 0 Å². The lowest BCUT2D eigenvalue weighted by atomic mass is 10.0. The molecule has 2 rings (SSSR count). The molecule has 0 spiro atoms. The lowest BCUT2D eigenvalue weighted by Gasteiger charge is -2.25. The molecule has 0 saturated heterocycles. The predicted octanol–water partition coefficient (Wildman–Crippen LogP) is 2.87. The third kappa shape index (κ3) is 1.39. The minimum atomic E-state index is -2.72. The Morgan fingerprint density at radius 1 is 1.38 bits per heavy atom. The summed E-state index contributed by atoms with van der Waals surface area (Å²) in [7, 11) is 0. The quantitative estimate of drug-likeness (QED) is 0.602. The Balaban J connectivity index is 2.53. The second-order valence-electron chi connectivity index (χ2n) is 3.30. The van der Waals surface area contributed by atoms with E-state index in [1.165, 1.54) is 6.07 Å². The molecule has 1 heterocycles.